The highest BCUT2D eigenvalue weighted by molar-refractivity contribution is 7.21. The molecule has 0 spiro atoms. The molecule has 3 aromatic rings. The first-order valence-corrected chi connectivity index (χ1v) is 8.54. The molecule has 0 aliphatic carbocycles. The minimum Gasteiger partial charge on any atom is -0.493 e. The standard InChI is InChI=1S/C19H18FNO3S/c1-11-16-13(20)7-5-9-15(16)25-18(11)19(22)21-10-12-6-4-8-14(23-2)17(12)24-3/h4-9H,10H2,1-3H3,(H,21,22). The summed E-state index contributed by atoms with van der Waals surface area (Å²) in [5.41, 5.74) is 1.47. The molecule has 1 amide bonds. The van der Waals surface area contributed by atoms with Gasteiger partial charge >= 0.3 is 0 Å². The molecule has 6 heteroatoms. The van der Waals surface area contributed by atoms with Gasteiger partial charge in [-0.1, -0.05) is 18.2 Å². The summed E-state index contributed by atoms with van der Waals surface area (Å²) in [6.07, 6.45) is 0. The summed E-state index contributed by atoms with van der Waals surface area (Å²) in [5, 5.41) is 3.39. The first-order chi connectivity index (χ1) is 12.1. The van der Waals surface area contributed by atoms with E-state index < -0.39 is 0 Å². The minimum absolute atomic E-state index is 0.233. The van der Waals surface area contributed by atoms with Gasteiger partial charge in [0.1, 0.15) is 5.82 Å². The molecule has 1 N–H and O–H groups in total. The molecule has 0 saturated carbocycles. The Hall–Kier alpha value is -2.60. The van der Waals surface area contributed by atoms with Gasteiger partial charge in [0.25, 0.3) is 5.91 Å². The highest BCUT2D eigenvalue weighted by Crippen LogP contribution is 2.33. The number of thiophene rings is 1. The Balaban J connectivity index is 1.85. The Morgan fingerprint density at radius 2 is 1.92 bits per heavy atom. The zero-order valence-electron chi connectivity index (χ0n) is 14.2. The highest BCUT2D eigenvalue weighted by atomic mass is 32.1. The number of hydrogen-bond acceptors (Lipinski definition) is 4. The maximum Gasteiger partial charge on any atom is 0.261 e. The van der Waals surface area contributed by atoms with E-state index in [4.69, 9.17) is 9.47 Å². The van der Waals surface area contributed by atoms with Gasteiger partial charge in [-0.3, -0.25) is 4.79 Å². The van der Waals surface area contributed by atoms with Crippen LogP contribution in [0.4, 0.5) is 4.39 Å². The number of halogens is 1. The fourth-order valence-electron chi connectivity index (χ4n) is 2.82. The number of fused-ring (bicyclic) bond motifs is 1. The number of ether oxygens (including phenoxy) is 2. The molecular formula is C19H18FNO3S. The molecule has 0 radical (unpaired) electrons. The average molecular weight is 359 g/mol. The lowest BCUT2D eigenvalue weighted by Crippen LogP contribution is -2.22. The monoisotopic (exact) mass is 359 g/mol. The molecule has 0 atom stereocenters. The van der Waals surface area contributed by atoms with Crippen LogP contribution in [0, 0.1) is 12.7 Å². The molecule has 1 aromatic heterocycles. The van der Waals surface area contributed by atoms with Crippen molar-refractivity contribution in [2.24, 2.45) is 0 Å². The number of para-hydroxylation sites is 1. The van der Waals surface area contributed by atoms with Gasteiger partial charge < -0.3 is 14.8 Å². The van der Waals surface area contributed by atoms with Crippen LogP contribution in [0.5, 0.6) is 11.5 Å². The van der Waals surface area contributed by atoms with E-state index in [0.717, 1.165) is 10.3 Å². The molecule has 1 heterocycles. The van der Waals surface area contributed by atoms with Crippen molar-refractivity contribution in [1.82, 2.24) is 5.32 Å². The summed E-state index contributed by atoms with van der Waals surface area (Å²) in [6, 6.07) is 10.4. The number of aryl methyl sites for hydroxylation is 1. The summed E-state index contributed by atoms with van der Waals surface area (Å²) in [7, 11) is 3.12. The predicted molar refractivity (Wildman–Crippen MR) is 97.2 cm³/mol. The Bertz CT molecular complexity index is 936. The molecule has 3 rings (SSSR count). The molecule has 0 bridgehead atoms. The SMILES string of the molecule is COc1cccc(CNC(=O)c2sc3cccc(F)c3c2C)c1OC. The van der Waals surface area contributed by atoms with Crippen molar-refractivity contribution >= 4 is 27.3 Å². The van der Waals surface area contributed by atoms with Gasteiger partial charge in [0.15, 0.2) is 11.5 Å². The second-order valence-corrected chi connectivity index (χ2v) is 6.56. The van der Waals surface area contributed by atoms with E-state index in [1.165, 1.54) is 17.4 Å². The van der Waals surface area contributed by atoms with Gasteiger partial charge in [-0.2, -0.15) is 0 Å². The number of amides is 1. The third-order valence-corrected chi connectivity index (χ3v) is 5.29. The van der Waals surface area contributed by atoms with Crippen molar-refractivity contribution in [3.8, 4) is 11.5 Å². The quantitative estimate of drug-likeness (QED) is 0.739. The van der Waals surface area contributed by atoms with Crippen LogP contribution in [0.15, 0.2) is 36.4 Å². The fourth-order valence-corrected chi connectivity index (χ4v) is 3.96. The average Bonchev–Trinajstić information content (AvgIpc) is 2.97. The molecule has 4 nitrogen and oxygen atoms in total. The van der Waals surface area contributed by atoms with E-state index in [-0.39, 0.29) is 18.3 Å². The molecule has 0 aliphatic heterocycles. The van der Waals surface area contributed by atoms with E-state index in [1.807, 2.05) is 18.2 Å². The molecule has 0 unspecified atom stereocenters. The number of hydrogen-bond donors (Lipinski definition) is 1. The van der Waals surface area contributed by atoms with Crippen LogP contribution in [-0.4, -0.2) is 20.1 Å². The molecule has 0 saturated heterocycles. The third kappa shape index (κ3) is 3.17. The molecule has 25 heavy (non-hydrogen) atoms. The summed E-state index contributed by atoms with van der Waals surface area (Å²) >= 11 is 1.29. The second kappa shape index (κ2) is 7.11. The van der Waals surface area contributed by atoms with Crippen molar-refractivity contribution in [3.05, 3.63) is 58.2 Å². The lowest BCUT2D eigenvalue weighted by atomic mass is 10.1. The maximum absolute atomic E-state index is 14.0. The minimum atomic E-state index is -0.306. The highest BCUT2D eigenvalue weighted by Gasteiger charge is 2.18. The van der Waals surface area contributed by atoms with Gasteiger partial charge in [0, 0.05) is 22.2 Å². The van der Waals surface area contributed by atoms with E-state index in [1.54, 1.807) is 33.3 Å². The number of carbonyl (C=O) groups is 1. The van der Waals surface area contributed by atoms with E-state index in [2.05, 4.69) is 5.32 Å². The maximum atomic E-state index is 14.0. The normalized spacial score (nSPS) is 10.7. The van der Waals surface area contributed by atoms with E-state index in [9.17, 15) is 9.18 Å². The van der Waals surface area contributed by atoms with Crippen molar-refractivity contribution in [2.45, 2.75) is 13.5 Å². The number of carbonyl (C=O) groups excluding carboxylic acids is 1. The van der Waals surface area contributed by atoms with Gasteiger partial charge in [0.2, 0.25) is 0 Å². The van der Waals surface area contributed by atoms with Crippen molar-refractivity contribution in [3.63, 3.8) is 0 Å². The third-order valence-electron chi connectivity index (χ3n) is 4.03. The zero-order chi connectivity index (χ0) is 18.0. The zero-order valence-corrected chi connectivity index (χ0v) is 15.0. The summed E-state index contributed by atoms with van der Waals surface area (Å²) in [5.74, 6) is 0.654. The summed E-state index contributed by atoms with van der Waals surface area (Å²) < 4.78 is 25.4. The van der Waals surface area contributed by atoms with Gasteiger partial charge in [-0.05, 0) is 30.7 Å². The Labute approximate surface area is 149 Å². The van der Waals surface area contributed by atoms with Crippen LogP contribution < -0.4 is 14.8 Å². The Kier molecular flexibility index (Phi) is 4.90. The van der Waals surface area contributed by atoms with Crippen molar-refractivity contribution < 1.29 is 18.7 Å². The summed E-state index contributed by atoms with van der Waals surface area (Å²) in [4.78, 5) is 13.1. The molecule has 0 aliphatic rings. The van der Waals surface area contributed by atoms with Crippen molar-refractivity contribution in [1.29, 1.82) is 0 Å². The van der Waals surface area contributed by atoms with Gasteiger partial charge in [-0.25, -0.2) is 4.39 Å². The van der Waals surface area contributed by atoms with Gasteiger partial charge in [-0.15, -0.1) is 11.3 Å². The van der Waals surface area contributed by atoms with E-state index >= 15 is 0 Å². The number of rotatable bonds is 5. The Morgan fingerprint density at radius 1 is 1.16 bits per heavy atom. The lowest BCUT2D eigenvalue weighted by molar-refractivity contribution is 0.0954. The second-order valence-electron chi connectivity index (χ2n) is 5.50. The number of benzene rings is 2. The summed E-state index contributed by atoms with van der Waals surface area (Å²) in [6.45, 7) is 2.05. The predicted octanol–water partition coefficient (Wildman–Crippen LogP) is 4.30. The van der Waals surface area contributed by atoms with Crippen LogP contribution in [-0.2, 0) is 6.54 Å². The molecular weight excluding hydrogens is 341 g/mol. The van der Waals surface area contributed by atoms with Crippen molar-refractivity contribution in [2.75, 3.05) is 14.2 Å². The largest absolute Gasteiger partial charge is 0.493 e. The molecule has 2 aromatic carbocycles. The van der Waals surface area contributed by atoms with Crippen LogP contribution in [0.3, 0.4) is 0 Å². The number of methoxy groups -OCH3 is 2. The lowest BCUT2D eigenvalue weighted by Gasteiger charge is -2.13. The van der Waals surface area contributed by atoms with Crippen LogP contribution in [0.25, 0.3) is 10.1 Å². The smallest absolute Gasteiger partial charge is 0.261 e. The topological polar surface area (TPSA) is 47.6 Å². The fraction of sp³-hybridized carbons (Fsp3) is 0.211. The first-order valence-electron chi connectivity index (χ1n) is 7.72. The first kappa shape index (κ1) is 17.2. The van der Waals surface area contributed by atoms with Gasteiger partial charge in [0.05, 0.1) is 19.1 Å². The molecule has 130 valence electrons. The Morgan fingerprint density at radius 3 is 2.60 bits per heavy atom. The van der Waals surface area contributed by atoms with Crippen LogP contribution in [0.2, 0.25) is 0 Å². The van der Waals surface area contributed by atoms with E-state index in [0.29, 0.717) is 27.3 Å². The number of nitrogens with one attached hydrogen (secondary N) is 1. The molecule has 0 fully saturated rings. The van der Waals surface area contributed by atoms with Crippen LogP contribution >= 0.6 is 11.3 Å². The van der Waals surface area contributed by atoms with Crippen LogP contribution in [0.1, 0.15) is 20.8 Å².